The largest absolute Gasteiger partial charge is 0.343 e. The summed E-state index contributed by atoms with van der Waals surface area (Å²) in [5, 5.41) is 4.27. The summed E-state index contributed by atoms with van der Waals surface area (Å²) in [6.45, 7) is 1.94. The number of rotatable bonds is 3. The number of amides is 1. The second-order valence-corrected chi connectivity index (χ2v) is 4.73. The molecule has 1 amide bonds. The Labute approximate surface area is 112 Å². The van der Waals surface area contributed by atoms with Gasteiger partial charge in [-0.2, -0.15) is 5.10 Å². The number of hydrogen-bond donors (Lipinski definition) is 1. The number of carbonyl (C=O) groups excluding carboxylic acids is 1. The van der Waals surface area contributed by atoms with E-state index in [0.717, 1.165) is 11.3 Å². The van der Waals surface area contributed by atoms with Crippen LogP contribution in [0.5, 0.6) is 0 Å². The zero-order valence-electron chi connectivity index (χ0n) is 11.4. The summed E-state index contributed by atoms with van der Waals surface area (Å²) in [5.41, 5.74) is 8.21. The third kappa shape index (κ3) is 2.82. The van der Waals surface area contributed by atoms with Crippen LogP contribution in [0.1, 0.15) is 29.0 Å². The lowest BCUT2D eigenvalue weighted by Crippen LogP contribution is -2.22. The molecule has 0 aliphatic rings. The van der Waals surface area contributed by atoms with Gasteiger partial charge in [0.2, 0.25) is 0 Å². The lowest BCUT2D eigenvalue weighted by Gasteiger charge is -2.08. The van der Waals surface area contributed by atoms with Crippen molar-refractivity contribution in [2.75, 3.05) is 14.1 Å². The van der Waals surface area contributed by atoms with Crippen molar-refractivity contribution in [3.8, 4) is 5.69 Å². The molecule has 0 saturated heterocycles. The highest BCUT2D eigenvalue weighted by molar-refractivity contribution is 5.91. The van der Waals surface area contributed by atoms with Gasteiger partial charge in [0.25, 0.3) is 5.91 Å². The number of aromatic nitrogens is 2. The van der Waals surface area contributed by atoms with E-state index in [2.05, 4.69) is 5.10 Å². The first-order valence-corrected chi connectivity index (χ1v) is 6.12. The highest BCUT2D eigenvalue weighted by atomic mass is 16.2. The minimum absolute atomic E-state index is 0.0116. The van der Waals surface area contributed by atoms with Crippen LogP contribution in [0.25, 0.3) is 5.69 Å². The van der Waals surface area contributed by atoms with Crippen LogP contribution in [0.3, 0.4) is 0 Å². The molecule has 0 spiro atoms. The summed E-state index contributed by atoms with van der Waals surface area (Å²) < 4.78 is 1.68. The molecule has 100 valence electrons. The molecule has 0 bridgehead atoms. The Morgan fingerprint density at radius 1 is 1.26 bits per heavy atom. The van der Waals surface area contributed by atoms with Crippen molar-refractivity contribution in [2.24, 2.45) is 5.73 Å². The smallest absolute Gasteiger partial charge is 0.273 e. The van der Waals surface area contributed by atoms with Gasteiger partial charge >= 0.3 is 0 Å². The highest BCUT2D eigenvalue weighted by Crippen LogP contribution is 2.14. The molecule has 0 radical (unpaired) electrons. The zero-order chi connectivity index (χ0) is 14.0. The molecule has 0 aliphatic heterocycles. The number of nitrogens with zero attached hydrogens (tertiary/aromatic N) is 3. The van der Waals surface area contributed by atoms with E-state index in [-0.39, 0.29) is 11.9 Å². The standard InChI is InChI=1S/C14H18N4O/c1-10(15)11-4-6-12(7-5-11)18-9-8-13(16-18)14(19)17(2)3/h4-10H,15H2,1-3H3/t10-/m0/s1. The third-order valence-electron chi connectivity index (χ3n) is 2.90. The van der Waals surface area contributed by atoms with Crippen molar-refractivity contribution in [1.29, 1.82) is 0 Å². The lowest BCUT2D eigenvalue weighted by molar-refractivity contribution is 0.0821. The van der Waals surface area contributed by atoms with Crippen LogP contribution in [-0.2, 0) is 0 Å². The Morgan fingerprint density at radius 3 is 2.42 bits per heavy atom. The summed E-state index contributed by atoms with van der Waals surface area (Å²) in [5.74, 6) is -0.106. The van der Waals surface area contributed by atoms with E-state index in [1.165, 1.54) is 4.90 Å². The Hall–Kier alpha value is -2.14. The molecule has 1 atom stereocenters. The molecule has 1 aromatic carbocycles. The van der Waals surface area contributed by atoms with Crippen LogP contribution in [0.2, 0.25) is 0 Å². The number of nitrogens with two attached hydrogens (primary N) is 1. The summed E-state index contributed by atoms with van der Waals surface area (Å²) in [4.78, 5) is 13.3. The number of benzene rings is 1. The van der Waals surface area contributed by atoms with Crippen LogP contribution in [0.15, 0.2) is 36.5 Å². The predicted octanol–water partition coefficient (Wildman–Crippen LogP) is 1.59. The third-order valence-corrected chi connectivity index (χ3v) is 2.90. The molecule has 1 heterocycles. The highest BCUT2D eigenvalue weighted by Gasteiger charge is 2.11. The minimum atomic E-state index is -0.106. The molecule has 5 heteroatoms. The molecular formula is C14H18N4O. The van der Waals surface area contributed by atoms with E-state index in [1.807, 2.05) is 31.2 Å². The van der Waals surface area contributed by atoms with Gasteiger partial charge in [0.15, 0.2) is 5.69 Å². The Kier molecular flexibility index (Phi) is 3.66. The molecule has 5 nitrogen and oxygen atoms in total. The maximum atomic E-state index is 11.8. The van der Waals surface area contributed by atoms with Crippen molar-refractivity contribution in [2.45, 2.75) is 13.0 Å². The molecule has 19 heavy (non-hydrogen) atoms. The fourth-order valence-electron chi connectivity index (χ4n) is 1.74. The van der Waals surface area contributed by atoms with Crippen LogP contribution in [-0.4, -0.2) is 34.7 Å². The van der Waals surface area contributed by atoms with E-state index in [4.69, 9.17) is 5.73 Å². The first-order valence-electron chi connectivity index (χ1n) is 6.12. The average molecular weight is 258 g/mol. The van der Waals surface area contributed by atoms with E-state index in [9.17, 15) is 4.79 Å². The molecule has 0 saturated carbocycles. The molecule has 0 aliphatic carbocycles. The monoisotopic (exact) mass is 258 g/mol. The van der Waals surface area contributed by atoms with Gasteiger partial charge in [-0.25, -0.2) is 4.68 Å². The second-order valence-electron chi connectivity index (χ2n) is 4.73. The van der Waals surface area contributed by atoms with E-state index in [0.29, 0.717) is 5.69 Å². The van der Waals surface area contributed by atoms with Crippen LogP contribution >= 0.6 is 0 Å². The normalized spacial score (nSPS) is 12.2. The SMILES string of the molecule is C[C@H](N)c1ccc(-n2ccc(C(=O)N(C)C)n2)cc1. The summed E-state index contributed by atoms with van der Waals surface area (Å²) >= 11 is 0. The van der Waals surface area contributed by atoms with Gasteiger partial charge in [-0.15, -0.1) is 0 Å². The zero-order valence-corrected chi connectivity index (χ0v) is 11.4. The van der Waals surface area contributed by atoms with Gasteiger partial charge in [-0.1, -0.05) is 12.1 Å². The summed E-state index contributed by atoms with van der Waals surface area (Å²) in [6.07, 6.45) is 1.78. The number of carbonyl (C=O) groups is 1. The van der Waals surface area contributed by atoms with Gasteiger partial charge in [0.05, 0.1) is 5.69 Å². The van der Waals surface area contributed by atoms with Gasteiger partial charge in [0.1, 0.15) is 0 Å². The van der Waals surface area contributed by atoms with Crippen molar-refractivity contribution in [3.05, 3.63) is 47.8 Å². The van der Waals surface area contributed by atoms with Crippen molar-refractivity contribution >= 4 is 5.91 Å². The Bertz CT molecular complexity index is 569. The first-order chi connectivity index (χ1) is 8.99. The first kappa shape index (κ1) is 13.3. The van der Waals surface area contributed by atoms with Gasteiger partial charge < -0.3 is 10.6 Å². The Balaban J connectivity index is 2.25. The molecule has 2 N–H and O–H groups in total. The van der Waals surface area contributed by atoms with Crippen molar-refractivity contribution < 1.29 is 4.79 Å². The lowest BCUT2D eigenvalue weighted by atomic mass is 10.1. The topological polar surface area (TPSA) is 64.2 Å². The van der Waals surface area contributed by atoms with Gasteiger partial charge in [0, 0.05) is 26.3 Å². The maximum absolute atomic E-state index is 11.8. The fourth-order valence-corrected chi connectivity index (χ4v) is 1.74. The van der Waals surface area contributed by atoms with Crippen molar-refractivity contribution in [1.82, 2.24) is 14.7 Å². The van der Waals surface area contributed by atoms with Crippen LogP contribution < -0.4 is 5.73 Å². The van der Waals surface area contributed by atoms with Gasteiger partial charge in [-0.3, -0.25) is 4.79 Å². The van der Waals surface area contributed by atoms with E-state index < -0.39 is 0 Å². The van der Waals surface area contributed by atoms with Crippen LogP contribution in [0.4, 0.5) is 0 Å². The molecule has 2 aromatic rings. The fraction of sp³-hybridized carbons (Fsp3) is 0.286. The quantitative estimate of drug-likeness (QED) is 0.909. The maximum Gasteiger partial charge on any atom is 0.273 e. The van der Waals surface area contributed by atoms with E-state index in [1.54, 1.807) is 31.0 Å². The number of hydrogen-bond acceptors (Lipinski definition) is 3. The second kappa shape index (κ2) is 5.24. The average Bonchev–Trinajstić information content (AvgIpc) is 2.87. The Morgan fingerprint density at radius 2 is 1.89 bits per heavy atom. The minimum Gasteiger partial charge on any atom is -0.343 e. The van der Waals surface area contributed by atoms with Crippen molar-refractivity contribution in [3.63, 3.8) is 0 Å². The van der Waals surface area contributed by atoms with Crippen LogP contribution in [0, 0.1) is 0 Å². The molecule has 1 aromatic heterocycles. The summed E-state index contributed by atoms with van der Waals surface area (Å²) in [6, 6.07) is 9.54. The molecule has 0 unspecified atom stereocenters. The van der Waals surface area contributed by atoms with E-state index >= 15 is 0 Å². The molecule has 0 fully saturated rings. The molecular weight excluding hydrogens is 240 g/mol. The predicted molar refractivity (Wildman–Crippen MR) is 74.2 cm³/mol. The molecule has 2 rings (SSSR count). The van der Waals surface area contributed by atoms with Gasteiger partial charge in [-0.05, 0) is 30.7 Å². The summed E-state index contributed by atoms with van der Waals surface area (Å²) in [7, 11) is 3.41.